The maximum Gasteiger partial charge on any atom is 0.407 e. The van der Waals surface area contributed by atoms with Crippen LogP contribution in [0.3, 0.4) is 0 Å². The van der Waals surface area contributed by atoms with E-state index in [4.69, 9.17) is 10.5 Å². The minimum atomic E-state index is -0.945. The van der Waals surface area contributed by atoms with Gasteiger partial charge < -0.3 is 36.8 Å². The molecule has 11 heteroatoms. The molecule has 1 aliphatic rings. The van der Waals surface area contributed by atoms with Crippen molar-refractivity contribution in [3.63, 3.8) is 0 Å². The molecule has 0 bridgehead atoms. The zero-order valence-electron chi connectivity index (χ0n) is 22.4. The summed E-state index contributed by atoms with van der Waals surface area (Å²) in [4.78, 5) is 49.0. The second-order valence-corrected chi connectivity index (χ2v) is 9.58. The average molecular weight is 560 g/mol. The lowest BCUT2D eigenvalue weighted by atomic mass is 9.98. The van der Waals surface area contributed by atoms with Crippen LogP contribution in [0.5, 0.6) is 0 Å². The number of urea groups is 1. The van der Waals surface area contributed by atoms with E-state index in [0.717, 1.165) is 22.3 Å². The number of primary amides is 1. The van der Waals surface area contributed by atoms with Gasteiger partial charge in [-0.1, -0.05) is 60.7 Å². The molecule has 4 rings (SSSR count). The van der Waals surface area contributed by atoms with E-state index in [-0.39, 0.29) is 32.1 Å². The molecule has 1 atom stereocenters. The summed E-state index contributed by atoms with van der Waals surface area (Å²) in [7, 11) is 0. The van der Waals surface area contributed by atoms with Gasteiger partial charge in [0.05, 0.1) is 6.61 Å². The maximum atomic E-state index is 12.9. The van der Waals surface area contributed by atoms with Crippen LogP contribution in [-0.2, 0) is 20.9 Å². The summed E-state index contributed by atoms with van der Waals surface area (Å²) in [5.41, 5.74) is 10.6. The van der Waals surface area contributed by atoms with E-state index in [1.165, 1.54) is 0 Å². The van der Waals surface area contributed by atoms with E-state index in [1.807, 2.05) is 48.5 Å². The van der Waals surface area contributed by atoms with Crippen molar-refractivity contribution in [1.82, 2.24) is 16.0 Å². The van der Waals surface area contributed by atoms with E-state index in [0.29, 0.717) is 17.7 Å². The number of aliphatic hydroxyl groups excluding tert-OH is 1. The number of alkyl carbamates (subject to hydrolysis) is 1. The first-order valence-electron chi connectivity index (χ1n) is 13.3. The zero-order chi connectivity index (χ0) is 29.2. The molecule has 3 aromatic carbocycles. The summed E-state index contributed by atoms with van der Waals surface area (Å²) in [5, 5.41) is 19.4. The Morgan fingerprint density at radius 3 is 2.12 bits per heavy atom. The van der Waals surface area contributed by atoms with Crippen molar-refractivity contribution in [3.8, 4) is 11.1 Å². The molecule has 0 saturated carbocycles. The van der Waals surface area contributed by atoms with Crippen LogP contribution in [0, 0.1) is 0 Å². The first-order valence-corrected chi connectivity index (χ1v) is 13.3. The Morgan fingerprint density at radius 2 is 1.51 bits per heavy atom. The Labute approximate surface area is 237 Å². The SMILES string of the molecule is NC(=O)NCCC[C@H](NC(=O)CNC(=O)OCC1c2ccccc2-c2ccccc21)C(=O)Nc1ccc(CO)cc1. The number of nitrogens with one attached hydrogen (secondary N) is 4. The lowest BCUT2D eigenvalue weighted by Gasteiger charge is -2.19. The molecule has 0 spiro atoms. The first-order chi connectivity index (χ1) is 19.9. The third-order valence-electron chi connectivity index (χ3n) is 6.76. The number of benzene rings is 3. The highest BCUT2D eigenvalue weighted by Crippen LogP contribution is 2.44. The van der Waals surface area contributed by atoms with Gasteiger partial charge in [-0.3, -0.25) is 9.59 Å². The summed E-state index contributed by atoms with van der Waals surface area (Å²) < 4.78 is 5.46. The van der Waals surface area contributed by atoms with Gasteiger partial charge in [0.2, 0.25) is 11.8 Å². The van der Waals surface area contributed by atoms with Crippen LogP contribution in [0.15, 0.2) is 72.8 Å². The highest BCUT2D eigenvalue weighted by atomic mass is 16.5. The summed E-state index contributed by atoms with van der Waals surface area (Å²) in [5.74, 6) is -1.18. The Bertz CT molecular complexity index is 1350. The van der Waals surface area contributed by atoms with Crippen molar-refractivity contribution in [2.45, 2.75) is 31.4 Å². The molecule has 214 valence electrons. The first kappa shape index (κ1) is 29.1. The topological polar surface area (TPSA) is 172 Å². The fraction of sp³-hybridized carbons (Fsp3) is 0.267. The van der Waals surface area contributed by atoms with E-state index in [1.54, 1.807) is 24.3 Å². The minimum absolute atomic E-state index is 0.106. The number of nitrogens with two attached hydrogens (primary N) is 1. The molecule has 11 nitrogen and oxygen atoms in total. The molecule has 0 aliphatic heterocycles. The van der Waals surface area contributed by atoms with Gasteiger partial charge in [-0.15, -0.1) is 0 Å². The van der Waals surface area contributed by atoms with Gasteiger partial charge in [0.1, 0.15) is 19.2 Å². The molecule has 0 unspecified atom stereocenters. The number of aliphatic hydroxyl groups is 1. The molecule has 3 aromatic rings. The fourth-order valence-electron chi connectivity index (χ4n) is 4.76. The number of rotatable bonds is 12. The van der Waals surface area contributed by atoms with Gasteiger partial charge in [-0.05, 0) is 52.8 Å². The van der Waals surface area contributed by atoms with Gasteiger partial charge in [0.25, 0.3) is 0 Å². The van der Waals surface area contributed by atoms with Gasteiger partial charge in [0.15, 0.2) is 0 Å². The number of hydrogen-bond donors (Lipinski definition) is 6. The smallest absolute Gasteiger partial charge is 0.407 e. The highest BCUT2D eigenvalue weighted by Gasteiger charge is 2.29. The molecule has 1 aliphatic carbocycles. The second-order valence-electron chi connectivity index (χ2n) is 9.58. The predicted octanol–water partition coefficient (Wildman–Crippen LogP) is 2.59. The predicted molar refractivity (Wildman–Crippen MR) is 153 cm³/mol. The monoisotopic (exact) mass is 559 g/mol. The quantitative estimate of drug-likeness (QED) is 0.186. The lowest BCUT2D eigenvalue weighted by Crippen LogP contribution is -2.47. The van der Waals surface area contributed by atoms with Gasteiger partial charge in [-0.25, -0.2) is 9.59 Å². The fourth-order valence-corrected chi connectivity index (χ4v) is 4.76. The number of ether oxygens (including phenoxy) is 1. The third-order valence-corrected chi connectivity index (χ3v) is 6.76. The summed E-state index contributed by atoms with van der Waals surface area (Å²) in [6, 6.07) is 20.9. The number of fused-ring (bicyclic) bond motifs is 3. The molecular weight excluding hydrogens is 526 g/mol. The van der Waals surface area contributed by atoms with Crippen molar-refractivity contribution in [3.05, 3.63) is 89.5 Å². The van der Waals surface area contributed by atoms with Crippen LogP contribution in [0.4, 0.5) is 15.3 Å². The van der Waals surface area contributed by atoms with Gasteiger partial charge in [-0.2, -0.15) is 0 Å². The van der Waals surface area contributed by atoms with Crippen LogP contribution in [0.2, 0.25) is 0 Å². The molecule has 0 saturated heterocycles. The normalized spacial score (nSPS) is 12.4. The van der Waals surface area contributed by atoms with E-state index >= 15 is 0 Å². The Morgan fingerprint density at radius 1 is 0.878 bits per heavy atom. The van der Waals surface area contributed by atoms with Crippen LogP contribution in [-0.4, -0.2) is 54.8 Å². The van der Waals surface area contributed by atoms with E-state index < -0.39 is 36.5 Å². The summed E-state index contributed by atoms with van der Waals surface area (Å²) in [6.07, 6.45) is -0.181. The zero-order valence-corrected chi connectivity index (χ0v) is 22.4. The van der Waals surface area contributed by atoms with E-state index in [9.17, 15) is 24.3 Å². The summed E-state index contributed by atoms with van der Waals surface area (Å²) in [6.45, 7) is -0.200. The highest BCUT2D eigenvalue weighted by molar-refractivity contribution is 5.97. The van der Waals surface area contributed by atoms with Crippen molar-refractivity contribution in [1.29, 1.82) is 0 Å². The molecule has 41 heavy (non-hydrogen) atoms. The van der Waals surface area contributed by atoms with E-state index in [2.05, 4.69) is 21.3 Å². The average Bonchev–Trinajstić information content (AvgIpc) is 3.30. The van der Waals surface area contributed by atoms with Crippen LogP contribution >= 0.6 is 0 Å². The van der Waals surface area contributed by atoms with Crippen molar-refractivity contribution >= 4 is 29.6 Å². The van der Waals surface area contributed by atoms with Crippen molar-refractivity contribution < 1.29 is 29.0 Å². The molecule has 0 radical (unpaired) electrons. The number of amides is 5. The standard InChI is InChI=1S/C30H33N5O6/c31-29(39)32-15-5-10-26(28(38)34-20-13-11-19(17-36)12-14-20)35-27(37)16-33-30(40)41-18-25-23-8-3-1-6-21(23)22-7-2-4-9-24(22)25/h1-4,6-9,11-14,25-26,36H,5,10,15-18H2,(H,33,40)(H,34,38)(H,35,37)(H3,31,32,39)/t26-/m0/s1. The minimum Gasteiger partial charge on any atom is -0.449 e. The van der Waals surface area contributed by atoms with Crippen molar-refractivity contribution in [2.75, 3.05) is 25.0 Å². The van der Waals surface area contributed by atoms with Crippen molar-refractivity contribution in [2.24, 2.45) is 5.73 Å². The Balaban J connectivity index is 1.29. The van der Waals surface area contributed by atoms with Gasteiger partial charge in [0, 0.05) is 18.2 Å². The number of hydrogen-bond acceptors (Lipinski definition) is 6. The van der Waals surface area contributed by atoms with Crippen LogP contribution < -0.4 is 27.0 Å². The molecular formula is C30H33N5O6. The van der Waals surface area contributed by atoms with Crippen LogP contribution in [0.1, 0.15) is 35.4 Å². The molecule has 0 aromatic heterocycles. The molecule has 0 heterocycles. The number of anilines is 1. The summed E-state index contributed by atoms with van der Waals surface area (Å²) >= 11 is 0. The number of carbonyl (C=O) groups excluding carboxylic acids is 4. The Hall–Kier alpha value is -4.90. The largest absolute Gasteiger partial charge is 0.449 e. The second kappa shape index (κ2) is 13.9. The molecule has 5 amide bonds. The maximum absolute atomic E-state index is 12.9. The number of carbonyl (C=O) groups is 4. The van der Waals surface area contributed by atoms with Crippen LogP contribution in [0.25, 0.3) is 11.1 Å². The van der Waals surface area contributed by atoms with Gasteiger partial charge >= 0.3 is 12.1 Å². The third kappa shape index (κ3) is 7.83. The lowest BCUT2D eigenvalue weighted by molar-refractivity contribution is -0.126. The Kier molecular flexibility index (Phi) is 9.89. The molecule has 0 fully saturated rings. The molecule has 7 N–H and O–H groups in total.